The molecule has 0 fully saturated rings. The number of allylic oxidation sites excluding steroid dienone is 1. The molecule has 0 saturated carbocycles. The zero-order chi connectivity index (χ0) is 15.2. The van der Waals surface area contributed by atoms with Crippen LogP contribution in [0.4, 0.5) is 0 Å². The van der Waals surface area contributed by atoms with Crippen LogP contribution >= 0.6 is 11.6 Å². The van der Waals surface area contributed by atoms with E-state index in [0.717, 1.165) is 17.2 Å². The quantitative estimate of drug-likeness (QED) is 0.732. The second kappa shape index (κ2) is 6.85. The topological polar surface area (TPSA) is 59.4 Å². The second-order valence-electron chi connectivity index (χ2n) is 4.24. The number of aromatic amines is 1. The van der Waals surface area contributed by atoms with Crippen molar-refractivity contribution in [2.24, 2.45) is 0 Å². The van der Waals surface area contributed by atoms with Crippen molar-refractivity contribution < 1.29 is 0 Å². The van der Waals surface area contributed by atoms with Crippen molar-refractivity contribution in [2.45, 2.75) is 13.8 Å². The highest BCUT2D eigenvalue weighted by Gasteiger charge is 2.12. The van der Waals surface area contributed by atoms with Gasteiger partial charge in [-0.25, -0.2) is 14.6 Å². The number of H-pyrrole nitrogens is 1. The van der Waals surface area contributed by atoms with Crippen LogP contribution in [0.2, 0.25) is 5.02 Å². The average Bonchev–Trinajstić information content (AvgIpc) is 3.08. The number of nitrogens with zero attached hydrogens (tertiary/aromatic N) is 4. The number of halogens is 1. The summed E-state index contributed by atoms with van der Waals surface area (Å²) in [6.07, 6.45) is 4.97. The predicted molar refractivity (Wildman–Crippen MR) is 84.6 cm³/mol. The van der Waals surface area contributed by atoms with Gasteiger partial charge in [0.15, 0.2) is 5.82 Å². The molecule has 0 unspecified atom stereocenters. The average molecular weight is 302 g/mol. The van der Waals surface area contributed by atoms with Gasteiger partial charge in [-0.1, -0.05) is 29.8 Å². The molecule has 0 aliphatic carbocycles. The number of nitrogens with one attached hydrogen (secondary N) is 1. The molecular formula is C15H16ClN5. The van der Waals surface area contributed by atoms with Crippen LogP contribution in [0.25, 0.3) is 17.2 Å². The summed E-state index contributed by atoms with van der Waals surface area (Å²) in [5.41, 5.74) is 1.60. The van der Waals surface area contributed by atoms with E-state index in [9.17, 15) is 0 Å². The Labute approximate surface area is 128 Å². The SMILES string of the molecule is C=CC.Cc1ncc(-c2ncnn2-c2ccccc2Cl)[nH]1. The normalized spacial score (nSPS) is 9.86. The van der Waals surface area contributed by atoms with E-state index < -0.39 is 0 Å². The van der Waals surface area contributed by atoms with Crippen molar-refractivity contribution in [3.63, 3.8) is 0 Å². The van der Waals surface area contributed by atoms with E-state index in [1.54, 1.807) is 17.0 Å². The molecule has 0 saturated heterocycles. The zero-order valence-corrected chi connectivity index (χ0v) is 12.7. The summed E-state index contributed by atoms with van der Waals surface area (Å²) in [6.45, 7) is 7.14. The molecule has 0 atom stereocenters. The van der Waals surface area contributed by atoms with Crippen LogP contribution in [-0.4, -0.2) is 24.7 Å². The fourth-order valence-electron chi connectivity index (χ4n) is 1.76. The van der Waals surface area contributed by atoms with E-state index in [1.165, 1.54) is 6.33 Å². The number of hydrogen-bond donors (Lipinski definition) is 1. The van der Waals surface area contributed by atoms with Gasteiger partial charge in [-0.05, 0) is 26.0 Å². The summed E-state index contributed by atoms with van der Waals surface area (Å²) in [6, 6.07) is 7.50. The van der Waals surface area contributed by atoms with Crippen molar-refractivity contribution >= 4 is 11.6 Å². The van der Waals surface area contributed by atoms with Gasteiger partial charge in [0.1, 0.15) is 17.8 Å². The molecule has 3 rings (SSSR count). The summed E-state index contributed by atoms with van der Waals surface area (Å²) < 4.78 is 1.69. The third-order valence-corrected chi connectivity index (χ3v) is 2.89. The molecule has 2 aromatic heterocycles. The lowest BCUT2D eigenvalue weighted by Crippen LogP contribution is -2.00. The van der Waals surface area contributed by atoms with Crippen LogP contribution < -0.4 is 0 Å². The van der Waals surface area contributed by atoms with Crippen molar-refractivity contribution in [2.75, 3.05) is 0 Å². The molecule has 5 nitrogen and oxygen atoms in total. The first kappa shape index (κ1) is 15.0. The lowest BCUT2D eigenvalue weighted by molar-refractivity contribution is 0.884. The lowest BCUT2D eigenvalue weighted by Gasteiger charge is -2.06. The van der Waals surface area contributed by atoms with Crippen LogP contribution in [0.5, 0.6) is 0 Å². The van der Waals surface area contributed by atoms with Crippen molar-refractivity contribution in [3.05, 3.63) is 60.3 Å². The van der Waals surface area contributed by atoms with Gasteiger partial charge in [0.05, 0.1) is 16.9 Å². The Balaban J connectivity index is 0.000000497. The monoisotopic (exact) mass is 301 g/mol. The Kier molecular flexibility index (Phi) is 4.90. The van der Waals surface area contributed by atoms with Crippen LogP contribution in [0.15, 0.2) is 49.4 Å². The zero-order valence-electron chi connectivity index (χ0n) is 11.9. The van der Waals surface area contributed by atoms with Gasteiger partial charge in [0, 0.05) is 0 Å². The van der Waals surface area contributed by atoms with Crippen LogP contribution in [-0.2, 0) is 0 Å². The standard InChI is InChI=1S/C12H10ClN5.C3H6/c1-8-14-6-10(17-8)12-15-7-16-18(12)11-5-3-2-4-9(11)13;1-3-2/h2-7H,1H3,(H,14,17);3H,1H2,2H3. The van der Waals surface area contributed by atoms with Gasteiger partial charge >= 0.3 is 0 Å². The van der Waals surface area contributed by atoms with Crippen molar-refractivity contribution in [1.29, 1.82) is 0 Å². The molecule has 0 amide bonds. The molecule has 21 heavy (non-hydrogen) atoms. The summed E-state index contributed by atoms with van der Waals surface area (Å²) in [5.74, 6) is 1.52. The molecule has 0 radical (unpaired) electrons. The molecule has 1 aromatic carbocycles. The van der Waals surface area contributed by atoms with Gasteiger partial charge in [0.25, 0.3) is 0 Å². The second-order valence-corrected chi connectivity index (χ2v) is 4.64. The first-order chi connectivity index (χ1) is 10.2. The highest BCUT2D eigenvalue weighted by molar-refractivity contribution is 6.32. The molecule has 3 aromatic rings. The number of aromatic nitrogens is 5. The summed E-state index contributed by atoms with van der Waals surface area (Å²) in [5, 5.41) is 4.83. The van der Waals surface area contributed by atoms with Crippen LogP contribution in [0, 0.1) is 6.92 Å². The molecule has 0 aliphatic rings. The Morgan fingerprint density at radius 2 is 2.00 bits per heavy atom. The van der Waals surface area contributed by atoms with Crippen LogP contribution in [0.1, 0.15) is 12.7 Å². The minimum absolute atomic E-state index is 0.625. The van der Waals surface area contributed by atoms with Crippen molar-refractivity contribution in [1.82, 2.24) is 24.7 Å². The van der Waals surface area contributed by atoms with E-state index in [4.69, 9.17) is 11.6 Å². The fraction of sp³-hybridized carbons (Fsp3) is 0.133. The van der Waals surface area contributed by atoms with Crippen molar-refractivity contribution in [3.8, 4) is 17.2 Å². The smallest absolute Gasteiger partial charge is 0.181 e. The lowest BCUT2D eigenvalue weighted by atomic mass is 10.3. The van der Waals surface area contributed by atoms with Crippen LogP contribution in [0.3, 0.4) is 0 Å². The third kappa shape index (κ3) is 3.38. The first-order valence-corrected chi connectivity index (χ1v) is 6.79. The number of hydrogen-bond acceptors (Lipinski definition) is 3. The highest BCUT2D eigenvalue weighted by atomic mass is 35.5. The Morgan fingerprint density at radius 3 is 2.62 bits per heavy atom. The van der Waals surface area contributed by atoms with Gasteiger partial charge in [-0.15, -0.1) is 6.58 Å². The Hall–Kier alpha value is -2.40. The number of aryl methyl sites for hydroxylation is 1. The number of para-hydroxylation sites is 1. The molecule has 0 aliphatic heterocycles. The molecule has 6 heteroatoms. The molecule has 2 heterocycles. The summed E-state index contributed by atoms with van der Waals surface area (Å²) in [7, 11) is 0. The molecule has 1 N–H and O–H groups in total. The van der Waals surface area contributed by atoms with E-state index in [1.807, 2.05) is 38.1 Å². The van der Waals surface area contributed by atoms with Gasteiger partial charge in [-0.2, -0.15) is 5.10 Å². The van der Waals surface area contributed by atoms with E-state index >= 15 is 0 Å². The summed E-state index contributed by atoms with van der Waals surface area (Å²) >= 11 is 6.17. The fourth-order valence-corrected chi connectivity index (χ4v) is 1.98. The number of rotatable bonds is 2. The van der Waals surface area contributed by atoms with Gasteiger partial charge < -0.3 is 4.98 Å². The maximum Gasteiger partial charge on any atom is 0.181 e. The Bertz CT molecular complexity index is 729. The van der Waals surface area contributed by atoms with Gasteiger partial charge in [0.2, 0.25) is 0 Å². The maximum absolute atomic E-state index is 6.17. The van der Waals surface area contributed by atoms with E-state index in [2.05, 4.69) is 26.6 Å². The number of benzene rings is 1. The largest absolute Gasteiger partial charge is 0.340 e. The first-order valence-electron chi connectivity index (χ1n) is 6.41. The van der Waals surface area contributed by atoms with Gasteiger partial charge in [-0.3, -0.25) is 0 Å². The summed E-state index contributed by atoms with van der Waals surface area (Å²) in [4.78, 5) is 11.5. The minimum Gasteiger partial charge on any atom is -0.340 e. The predicted octanol–water partition coefficient (Wildman–Crippen LogP) is 3.81. The highest BCUT2D eigenvalue weighted by Crippen LogP contribution is 2.23. The number of imidazole rings is 1. The molecule has 0 bridgehead atoms. The minimum atomic E-state index is 0.625. The van der Waals surface area contributed by atoms with E-state index in [-0.39, 0.29) is 0 Å². The Morgan fingerprint density at radius 1 is 1.29 bits per heavy atom. The maximum atomic E-state index is 6.17. The van der Waals surface area contributed by atoms with E-state index in [0.29, 0.717) is 10.8 Å². The molecule has 108 valence electrons. The third-order valence-electron chi connectivity index (χ3n) is 2.57. The molecular weight excluding hydrogens is 286 g/mol. The molecule has 0 spiro atoms.